The lowest BCUT2D eigenvalue weighted by molar-refractivity contribution is 0.640. The van der Waals surface area contributed by atoms with Crippen LogP contribution in [0, 0.1) is 11.8 Å². The van der Waals surface area contributed by atoms with E-state index in [1.165, 1.54) is 12.0 Å². The Morgan fingerprint density at radius 1 is 1.31 bits per heavy atom. The Bertz CT molecular complexity index is 178. The molecule has 0 amide bonds. The molecular weight excluding hydrogens is 158 g/mol. The quantitative estimate of drug-likeness (QED) is 0.573. The number of hydrogen-bond acceptors (Lipinski definition) is 1. The van der Waals surface area contributed by atoms with E-state index in [0.717, 1.165) is 12.3 Å². The van der Waals surface area contributed by atoms with Crippen molar-refractivity contribution in [2.75, 3.05) is 7.05 Å². The molecule has 0 fully saturated rings. The van der Waals surface area contributed by atoms with Crippen molar-refractivity contribution in [3.8, 4) is 0 Å². The fourth-order valence-corrected chi connectivity index (χ4v) is 1.14. The third-order valence-corrected chi connectivity index (χ3v) is 2.28. The second-order valence-corrected chi connectivity index (χ2v) is 4.03. The summed E-state index contributed by atoms with van der Waals surface area (Å²) in [6, 6.07) is 0. The first-order valence-corrected chi connectivity index (χ1v) is 5.24. The highest BCUT2D eigenvalue weighted by Gasteiger charge is 2.03. The van der Waals surface area contributed by atoms with Crippen molar-refractivity contribution in [3.05, 3.63) is 11.6 Å². The number of hydrogen-bond donors (Lipinski definition) is 0. The van der Waals surface area contributed by atoms with Gasteiger partial charge in [-0.3, -0.25) is 4.99 Å². The van der Waals surface area contributed by atoms with Gasteiger partial charge < -0.3 is 0 Å². The van der Waals surface area contributed by atoms with Crippen LogP contribution in [0.3, 0.4) is 0 Å². The summed E-state index contributed by atoms with van der Waals surface area (Å²) >= 11 is 0. The van der Waals surface area contributed by atoms with Gasteiger partial charge in [-0.25, -0.2) is 0 Å². The van der Waals surface area contributed by atoms with Gasteiger partial charge in [-0.1, -0.05) is 33.8 Å². The fraction of sp³-hybridized carbons (Fsp3) is 0.750. The minimum Gasteiger partial charge on any atom is -0.296 e. The predicted octanol–water partition coefficient (Wildman–Crippen LogP) is 3.71. The van der Waals surface area contributed by atoms with Crippen molar-refractivity contribution in [2.24, 2.45) is 16.8 Å². The molecule has 1 atom stereocenters. The lowest BCUT2D eigenvalue weighted by atomic mass is 9.96. The SMILES string of the molecule is CCC(C)/C(C=NC)=C/CC(C)C. The van der Waals surface area contributed by atoms with Gasteiger partial charge in [-0.05, 0) is 30.3 Å². The lowest BCUT2D eigenvalue weighted by Crippen LogP contribution is -2.00. The summed E-state index contributed by atoms with van der Waals surface area (Å²) in [5.41, 5.74) is 1.39. The van der Waals surface area contributed by atoms with E-state index in [2.05, 4.69) is 38.8 Å². The average molecular weight is 181 g/mol. The van der Waals surface area contributed by atoms with Gasteiger partial charge in [0.2, 0.25) is 0 Å². The van der Waals surface area contributed by atoms with Crippen molar-refractivity contribution in [2.45, 2.75) is 40.5 Å². The molecule has 76 valence electrons. The van der Waals surface area contributed by atoms with E-state index in [-0.39, 0.29) is 0 Å². The molecule has 1 nitrogen and oxygen atoms in total. The molecule has 0 N–H and O–H groups in total. The van der Waals surface area contributed by atoms with Gasteiger partial charge in [-0.2, -0.15) is 0 Å². The van der Waals surface area contributed by atoms with Crippen LogP contribution < -0.4 is 0 Å². The monoisotopic (exact) mass is 181 g/mol. The normalized spacial score (nSPS) is 15.7. The number of allylic oxidation sites excluding steroid dienone is 2. The first kappa shape index (κ1) is 12.4. The van der Waals surface area contributed by atoms with E-state index in [0.29, 0.717) is 5.92 Å². The molecule has 0 heterocycles. The largest absolute Gasteiger partial charge is 0.296 e. The van der Waals surface area contributed by atoms with E-state index in [4.69, 9.17) is 0 Å². The summed E-state index contributed by atoms with van der Waals surface area (Å²) in [5.74, 6) is 1.38. The van der Waals surface area contributed by atoms with Gasteiger partial charge in [0.1, 0.15) is 0 Å². The van der Waals surface area contributed by atoms with Crippen molar-refractivity contribution in [3.63, 3.8) is 0 Å². The first-order valence-electron chi connectivity index (χ1n) is 5.24. The summed E-state index contributed by atoms with van der Waals surface area (Å²) in [7, 11) is 1.84. The van der Waals surface area contributed by atoms with E-state index in [1.54, 1.807) is 0 Å². The highest BCUT2D eigenvalue weighted by Crippen LogP contribution is 2.14. The van der Waals surface area contributed by atoms with Crippen molar-refractivity contribution >= 4 is 6.21 Å². The van der Waals surface area contributed by atoms with Crippen LogP contribution in [0.25, 0.3) is 0 Å². The van der Waals surface area contributed by atoms with Gasteiger partial charge in [0.15, 0.2) is 0 Å². The van der Waals surface area contributed by atoms with Crippen molar-refractivity contribution in [1.29, 1.82) is 0 Å². The molecule has 0 aromatic carbocycles. The Hall–Kier alpha value is -0.590. The molecule has 0 saturated carbocycles. The Morgan fingerprint density at radius 2 is 1.92 bits per heavy atom. The van der Waals surface area contributed by atoms with E-state index in [1.807, 2.05) is 13.3 Å². The predicted molar refractivity (Wildman–Crippen MR) is 61.4 cm³/mol. The van der Waals surface area contributed by atoms with Crippen LogP contribution in [0.2, 0.25) is 0 Å². The maximum absolute atomic E-state index is 4.09. The van der Waals surface area contributed by atoms with Crippen molar-refractivity contribution < 1.29 is 0 Å². The van der Waals surface area contributed by atoms with Crippen LogP contribution in [0.5, 0.6) is 0 Å². The molecule has 0 saturated heterocycles. The Balaban J connectivity index is 4.31. The molecule has 0 aromatic heterocycles. The van der Waals surface area contributed by atoms with Crippen LogP contribution in [0.1, 0.15) is 40.5 Å². The van der Waals surface area contributed by atoms with Gasteiger partial charge in [0, 0.05) is 13.3 Å². The molecule has 0 spiro atoms. The average Bonchev–Trinajstić information content (AvgIpc) is 2.10. The zero-order valence-corrected chi connectivity index (χ0v) is 9.67. The molecule has 0 aromatic rings. The summed E-state index contributed by atoms with van der Waals surface area (Å²) in [6.45, 7) is 8.97. The fourth-order valence-electron chi connectivity index (χ4n) is 1.14. The van der Waals surface area contributed by atoms with Crippen LogP contribution in [0.15, 0.2) is 16.6 Å². The summed E-state index contributed by atoms with van der Waals surface area (Å²) in [6.07, 6.45) is 6.67. The molecule has 0 rings (SSSR count). The molecule has 0 aliphatic heterocycles. The summed E-state index contributed by atoms with van der Waals surface area (Å²) in [5, 5.41) is 0. The Labute approximate surface area is 83.0 Å². The third-order valence-electron chi connectivity index (χ3n) is 2.28. The number of aliphatic imine (C=N–C) groups is 1. The molecular formula is C12H23N. The van der Waals surface area contributed by atoms with E-state index < -0.39 is 0 Å². The van der Waals surface area contributed by atoms with Crippen LogP contribution in [-0.2, 0) is 0 Å². The highest BCUT2D eigenvalue weighted by atomic mass is 14.6. The van der Waals surface area contributed by atoms with Gasteiger partial charge in [0.25, 0.3) is 0 Å². The van der Waals surface area contributed by atoms with Crippen LogP contribution >= 0.6 is 0 Å². The minimum absolute atomic E-state index is 0.641. The van der Waals surface area contributed by atoms with Gasteiger partial charge >= 0.3 is 0 Å². The van der Waals surface area contributed by atoms with Crippen molar-refractivity contribution in [1.82, 2.24) is 0 Å². The molecule has 0 aliphatic carbocycles. The van der Waals surface area contributed by atoms with Crippen LogP contribution in [0.4, 0.5) is 0 Å². The van der Waals surface area contributed by atoms with E-state index >= 15 is 0 Å². The third kappa shape index (κ3) is 5.62. The van der Waals surface area contributed by atoms with E-state index in [9.17, 15) is 0 Å². The minimum atomic E-state index is 0.641. The van der Waals surface area contributed by atoms with Gasteiger partial charge in [0.05, 0.1) is 0 Å². The maximum Gasteiger partial charge on any atom is 0.0277 e. The topological polar surface area (TPSA) is 12.4 Å². The molecule has 0 aliphatic rings. The second-order valence-electron chi connectivity index (χ2n) is 4.03. The zero-order valence-electron chi connectivity index (χ0n) is 9.67. The van der Waals surface area contributed by atoms with Crippen LogP contribution in [-0.4, -0.2) is 13.3 Å². The Morgan fingerprint density at radius 3 is 2.31 bits per heavy atom. The summed E-state index contributed by atoms with van der Waals surface area (Å²) in [4.78, 5) is 4.09. The zero-order chi connectivity index (χ0) is 10.3. The molecule has 13 heavy (non-hydrogen) atoms. The standard InChI is InChI=1S/C12H23N/c1-6-11(4)12(9-13-5)8-7-10(2)3/h8-11H,6-7H2,1-5H3/b12-8+,13-9?. The molecule has 1 heteroatoms. The highest BCUT2D eigenvalue weighted by molar-refractivity contribution is 5.78. The lowest BCUT2D eigenvalue weighted by Gasteiger charge is -2.10. The number of rotatable bonds is 5. The molecule has 1 unspecified atom stereocenters. The molecule has 0 radical (unpaired) electrons. The first-order chi connectivity index (χ1) is 6.11. The Kier molecular flexibility index (Phi) is 6.56. The number of nitrogens with zero attached hydrogens (tertiary/aromatic N) is 1. The maximum atomic E-state index is 4.09. The summed E-state index contributed by atoms with van der Waals surface area (Å²) < 4.78 is 0. The van der Waals surface area contributed by atoms with Gasteiger partial charge in [-0.15, -0.1) is 0 Å². The second kappa shape index (κ2) is 6.88. The smallest absolute Gasteiger partial charge is 0.0277 e. The molecule has 0 bridgehead atoms.